The summed E-state index contributed by atoms with van der Waals surface area (Å²) in [5.74, 6) is 1.36. The maximum Gasteiger partial charge on any atom is 0.0717 e. The molecule has 0 aliphatic carbocycles. The molecule has 1 unspecified atom stereocenters. The largest absolute Gasteiger partial charge is 0.376 e. The van der Waals surface area contributed by atoms with Gasteiger partial charge < -0.3 is 10.1 Å². The molecule has 114 valence electrons. The second-order valence-electron chi connectivity index (χ2n) is 6.25. The lowest BCUT2D eigenvalue weighted by Gasteiger charge is -2.12. The van der Waals surface area contributed by atoms with Crippen molar-refractivity contribution in [3.63, 3.8) is 0 Å². The number of benzene rings is 1. The van der Waals surface area contributed by atoms with Gasteiger partial charge in [-0.1, -0.05) is 58.4 Å². The van der Waals surface area contributed by atoms with Crippen LogP contribution in [0.4, 0.5) is 0 Å². The van der Waals surface area contributed by atoms with Gasteiger partial charge in [-0.2, -0.15) is 0 Å². The maximum absolute atomic E-state index is 5.81. The molecule has 0 aliphatic rings. The number of hydrogen-bond acceptors (Lipinski definition) is 2. The molecule has 1 aromatic rings. The summed E-state index contributed by atoms with van der Waals surface area (Å²) in [5, 5.41) is 3.48. The zero-order chi connectivity index (χ0) is 14.8. The molecule has 0 aromatic heterocycles. The highest BCUT2D eigenvalue weighted by Crippen LogP contribution is 2.10. The van der Waals surface area contributed by atoms with Gasteiger partial charge in [0.1, 0.15) is 0 Å². The predicted molar refractivity (Wildman–Crippen MR) is 86.7 cm³/mol. The topological polar surface area (TPSA) is 21.3 Å². The van der Waals surface area contributed by atoms with Gasteiger partial charge in [-0.15, -0.1) is 0 Å². The Kier molecular flexibility index (Phi) is 8.56. The van der Waals surface area contributed by atoms with Crippen molar-refractivity contribution in [2.45, 2.75) is 53.7 Å². The summed E-state index contributed by atoms with van der Waals surface area (Å²) < 4.78 is 5.81. The molecule has 0 heterocycles. The summed E-state index contributed by atoms with van der Waals surface area (Å²) >= 11 is 0. The first-order valence-electron chi connectivity index (χ1n) is 7.98. The fraction of sp³-hybridized carbons (Fsp3) is 0.667. The predicted octanol–water partition coefficient (Wildman–Crippen LogP) is 4.39. The van der Waals surface area contributed by atoms with Gasteiger partial charge in [-0.25, -0.2) is 0 Å². The molecule has 1 atom stereocenters. The highest BCUT2D eigenvalue weighted by molar-refractivity contribution is 5.22. The minimum atomic E-state index is 0.663. The maximum atomic E-state index is 5.81. The van der Waals surface area contributed by atoms with Crippen molar-refractivity contribution in [3.8, 4) is 0 Å². The first kappa shape index (κ1) is 17.2. The van der Waals surface area contributed by atoms with E-state index >= 15 is 0 Å². The summed E-state index contributed by atoms with van der Waals surface area (Å²) in [6, 6.07) is 8.70. The van der Waals surface area contributed by atoms with Gasteiger partial charge >= 0.3 is 0 Å². The molecule has 1 aromatic carbocycles. The molecule has 0 aliphatic heterocycles. The van der Waals surface area contributed by atoms with Crippen LogP contribution >= 0.6 is 0 Å². The van der Waals surface area contributed by atoms with E-state index < -0.39 is 0 Å². The standard InChI is InChI=1S/C18H31NO/c1-5-7-16(4)13-20-14-18-9-6-8-17(10-18)12-19-11-15(2)3/h6,8-10,15-16,19H,5,7,11-14H2,1-4H3. The van der Waals surface area contributed by atoms with Gasteiger partial charge in [0, 0.05) is 13.2 Å². The van der Waals surface area contributed by atoms with E-state index in [-0.39, 0.29) is 0 Å². The van der Waals surface area contributed by atoms with Crippen molar-refractivity contribution in [1.29, 1.82) is 0 Å². The van der Waals surface area contributed by atoms with Crippen LogP contribution in [0.5, 0.6) is 0 Å². The van der Waals surface area contributed by atoms with Gasteiger partial charge in [-0.05, 0) is 35.9 Å². The number of rotatable bonds is 10. The van der Waals surface area contributed by atoms with Crippen molar-refractivity contribution < 1.29 is 4.74 Å². The van der Waals surface area contributed by atoms with Crippen LogP contribution in [0.3, 0.4) is 0 Å². The van der Waals surface area contributed by atoms with E-state index in [0.29, 0.717) is 11.8 Å². The van der Waals surface area contributed by atoms with Crippen LogP contribution in [0.1, 0.15) is 51.7 Å². The summed E-state index contributed by atoms with van der Waals surface area (Å²) in [4.78, 5) is 0. The van der Waals surface area contributed by atoms with Crippen molar-refractivity contribution >= 4 is 0 Å². The summed E-state index contributed by atoms with van der Waals surface area (Å²) in [7, 11) is 0. The first-order valence-corrected chi connectivity index (χ1v) is 7.98. The van der Waals surface area contributed by atoms with Crippen molar-refractivity contribution in [1.82, 2.24) is 5.32 Å². The van der Waals surface area contributed by atoms with Crippen LogP contribution in [0, 0.1) is 11.8 Å². The molecule has 1 N–H and O–H groups in total. The van der Waals surface area contributed by atoms with Crippen molar-refractivity contribution in [2.24, 2.45) is 11.8 Å². The second kappa shape index (κ2) is 9.95. The van der Waals surface area contributed by atoms with Gasteiger partial charge in [0.05, 0.1) is 6.61 Å². The molecule has 0 bridgehead atoms. The SMILES string of the molecule is CCCC(C)COCc1cccc(CNCC(C)C)c1. The molecular formula is C18H31NO. The van der Waals surface area contributed by atoms with Gasteiger partial charge in [0.25, 0.3) is 0 Å². The molecule has 1 rings (SSSR count). The molecule has 0 saturated carbocycles. The molecule has 0 spiro atoms. The molecule has 0 saturated heterocycles. The third-order valence-corrected chi connectivity index (χ3v) is 3.33. The lowest BCUT2D eigenvalue weighted by Crippen LogP contribution is -2.19. The minimum absolute atomic E-state index is 0.663. The second-order valence-corrected chi connectivity index (χ2v) is 6.25. The third-order valence-electron chi connectivity index (χ3n) is 3.33. The average molecular weight is 277 g/mol. The van der Waals surface area contributed by atoms with E-state index in [1.165, 1.54) is 24.0 Å². The number of ether oxygens (including phenoxy) is 1. The van der Waals surface area contributed by atoms with Crippen LogP contribution < -0.4 is 5.32 Å². The average Bonchev–Trinajstić information content (AvgIpc) is 2.39. The molecule has 0 radical (unpaired) electrons. The minimum Gasteiger partial charge on any atom is -0.376 e. The van der Waals surface area contributed by atoms with E-state index in [1.54, 1.807) is 0 Å². The van der Waals surface area contributed by atoms with Crippen LogP contribution in [0.15, 0.2) is 24.3 Å². The number of nitrogens with one attached hydrogen (secondary N) is 1. The van der Waals surface area contributed by atoms with Crippen molar-refractivity contribution in [3.05, 3.63) is 35.4 Å². The van der Waals surface area contributed by atoms with Crippen LogP contribution in [-0.4, -0.2) is 13.2 Å². The third kappa shape index (κ3) is 7.66. The Hall–Kier alpha value is -0.860. The van der Waals surface area contributed by atoms with Crippen LogP contribution in [0.2, 0.25) is 0 Å². The smallest absolute Gasteiger partial charge is 0.0717 e. The fourth-order valence-corrected chi connectivity index (χ4v) is 2.29. The fourth-order valence-electron chi connectivity index (χ4n) is 2.29. The van der Waals surface area contributed by atoms with Gasteiger partial charge in [0.15, 0.2) is 0 Å². The Morgan fingerprint density at radius 2 is 1.90 bits per heavy atom. The quantitative estimate of drug-likeness (QED) is 0.685. The van der Waals surface area contributed by atoms with E-state index in [1.807, 2.05) is 0 Å². The van der Waals surface area contributed by atoms with E-state index in [2.05, 4.69) is 57.3 Å². The zero-order valence-electron chi connectivity index (χ0n) is 13.6. The molecule has 0 fully saturated rings. The Morgan fingerprint density at radius 3 is 2.60 bits per heavy atom. The summed E-state index contributed by atoms with van der Waals surface area (Å²) in [6.07, 6.45) is 2.49. The molecule has 20 heavy (non-hydrogen) atoms. The van der Waals surface area contributed by atoms with Crippen LogP contribution in [0.25, 0.3) is 0 Å². The van der Waals surface area contributed by atoms with E-state index in [4.69, 9.17) is 4.74 Å². The highest BCUT2D eigenvalue weighted by atomic mass is 16.5. The van der Waals surface area contributed by atoms with E-state index in [9.17, 15) is 0 Å². The Bertz CT molecular complexity index is 362. The van der Waals surface area contributed by atoms with Crippen molar-refractivity contribution in [2.75, 3.05) is 13.2 Å². The molecule has 0 amide bonds. The molecule has 2 heteroatoms. The van der Waals surface area contributed by atoms with Gasteiger partial charge in [-0.3, -0.25) is 0 Å². The zero-order valence-corrected chi connectivity index (χ0v) is 13.6. The summed E-state index contributed by atoms with van der Waals surface area (Å²) in [5.41, 5.74) is 2.62. The van der Waals surface area contributed by atoms with Crippen LogP contribution in [-0.2, 0) is 17.9 Å². The lowest BCUT2D eigenvalue weighted by molar-refractivity contribution is 0.0893. The monoisotopic (exact) mass is 277 g/mol. The Labute approximate surface area is 124 Å². The Balaban J connectivity index is 2.32. The lowest BCUT2D eigenvalue weighted by atomic mass is 10.1. The van der Waals surface area contributed by atoms with E-state index in [0.717, 1.165) is 26.3 Å². The molecule has 2 nitrogen and oxygen atoms in total. The summed E-state index contributed by atoms with van der Waals surface area (Å²) in [6.45, 7) is 12.5. The highest BCUT2D eigenvalue weighted by Gasteiger charge is 2.02. The Morgan fingerprint density at radius 1 is 1.15 bits per heavy atom. The van der Waals surface area contributed by atoms with Gasteiger partial charge in [0.2, 0.25) is 0 Å². The number of hydrogen-bond donors (Lipinski definition) is 1. The first-order chi connectivity index (χ1) is 9.61. The molecular weight excluding hydrogens is 246 g/mol. The normalized spacial score (nSPS) is 12.8.